The van der Waals surface area contributed by atoms with Crippen LogP contribution in [-0.4, -0.2) is 0 Å². The average molecular weight is 271 g/mol. The Balaban J connectivity index is 2.34. The van der Waals surface area contributed by atoms with Gasteiger partial charge in [-0.3, -0.25) is 0 Å². The molecule has 0 heterocycles. The van der Waals surface area contributed by atoms with Crippen molar-refractivity contribution in [1.82, 2.24) is 0 Å². The largest absolute Gasteiger partial charge is 0.354 e. The molecule has 2 rings (SSSR count). The molecule has 0 saturated heterocycles. The zero-order valence-corrected chi connectivity index (χ0v) is 11.7. The standard InChI is InChI=1S/C16H15ClN2/c1-11(2)12-5-3-6-13(9-12)19-16-8-4-7-15(17)14(16)10-18/h3-9,11,19H,1-2H3. The number of nitriles is 1. The van der Waals surface area contributed by atoms with E-state index in [4.69, 9.17) is 16.9 Å². The number of nitrogens with one attached hydrogen (secondary N) is 1. The van der Waals surface area contributed by atoms with Crippen molar-refractivity contribution < 1.29 is 0 Å². The minimum Gasteiger partial charge on any atom is -0.354 e. The van der Waals surface area contributed by atoms with Crippen molar-refractivity contribution in [2.75, 3.05) is 5.32 Å². The maximum atomic E-state index is 9.15. The van der Waals surface area contributed by atoms with Crippen molar-refractivity contribution in [3.8, 4) is 6.07 Å². The molecule has 0 spiro atoms. The highest BCUT2D eigenvalue weighted by Gasteiger charge is 2.07. The van der Waals surface area contributed by atoms with E-state index >= 15 is 0 Å². The van der Waals surface area contributed by atoms with E-state index in [-0.39, 0.29) is 0 Å². The Morgan fingerprint density at radius 3 is 2.58 bits per heavy atom. The normalized spacial score (nSPS) is 10.3. The van der Waals surface area contributed by atoms with E-state index < -0.39 is 0 Å². The quantitative estimate of drug-likeness (QED) is 0.844. The molecule has 0 aliphatic rings. The van der Waals surface area contributed by atoms with E-state index in [2.05, 4.69) is 37.4 Å². The summed E-state index contributed by atoms with van der Waals surface area (Å²) >= 11 is 6.01. The second-order valence-corrected chi connectivity index (χ2v) is 5.09. The first-order valence-corrected chi connectivity index (χ1v) is 6.55. The van der Waals surface area contributed by atoms with E-state index in [1.807, 2.05) is 24.3 Å². The molecular weight excluding hydrogens is 256 g/mol. The first kappa shape index (κ1) is 13.5. The fourth-order valence-electron chi connectivity index (χ4n) is 1.87. The summed E-state index contributed by atoms with van der Waals surface area (Å²) < 4.78 is 0. The first-order chi connectivity index (χ1) is 9.11. The van der Waals surface area contributed by atoms with E-state index in [9.17, 15) is 0 Å². The van der Waals surface area contributed by atoms with Crippen molar-refractivity contribution in [3.63, 3.8) is 0 Å². The molecule has 2 aromatic rings. The second kappa shape index (κ2) is 5.77. The molecule has 0 amide bonds. The molecule has 2 nitrogen and oxygen atoms in total. The SMILES string of the molecule is CC(C)c1cccc(Nc2cccc(Cl)c2C#N)c1. The molecule has 0 saturated carbocycles. The van der Waals surface area contributed by atoms with Gasteiger partial charge in [0, 0.05) is 5.69 Å². The van der Waals surface area contributed by atoms with Gasteiger partial charge in [0.15, 0.2) is 0 Å². The van der Waals surface area contributed by atoms with Crippen LogP contribution in [0, 0.1) is 11.3 Å². The van der Waals surface area contributed by atoms with Gasteiger partial charge in [0.2, 0.25) is 0 Å². The summed E-state index contributed by atoms with van der Waals surface area (Å²) in [5, 5.41) is 12.9. The number of nitrogens with zero attached hydrogens (tertiary/aromatic N) is 1. The Labute approximate surface area is 118 Å². The lowest BCUT2D eigenvalue weighted by atomic mass is 10.0. The maximum absolute atomic E-state index is 9.15. The molecule has 0 aromatic heterocycles. The average Bonchev–Trinajstić information content (AvgIpc) is 2.39. The highest BCUT2D eigenvalue weighted by Crippen LogP contribution is 2.27. The number of benzene rings is 2. The summed E-state index contributed by atoms with van der Waals surface area (Å²) in [5.41, 5.74) is 3.42. The summed E-state index contributed by atoms with van der Waals surface area (Å²) in [4.78, 5) is 0. The fourth-order valence-corrected chi connectivity index (χ4v) is 2.09. The minimum absolute atomic E-state index is 0.465. The highest BCUT2D eigenvalue weighted by atomic mass is 35.5. The molecule has 0 bridgehead atoms. The molecule has 0 atom stereocenters. The van der Waals surface area contributed by atoms with E-state index in [1.165, 1.54) is 5.56 Å². The van der Waals surface area contributed by atoms with E-state index in [0.29, 0.717) is 16.5 Å². The third-order valence-corrected chi connectivity index (χ3v) is 3.27. The third kappa shape index (κ3) is 3.07. The van der Waals surface area contributed by atoms with Crippen LogP contribution in [0.2, 0.25) is 5.02 Å². The van der Waals surface area contributed by atoms with Crippen LogP contribution < -0.4 is 5.32 Å². The number of anilines is 2. The molecule has 0 aliphatic heterocycles. The highest BCUT2D eigenvalue weighted by molar-refractivity contribution is 6.32. The van der Waals surface area contributed by atoms with Crippen LogP contribution in [0.1, 0.15) is 30.9 Å². The zero-order valence-electron chi connectivity index (χ0n) is 10.9. The lowest BCUT2D eigenvalue weighted by Gasteiger charge is -2.12. The van der Waals surface area contributed by atoms with Crippen LogP contribution in [0.4, 0.5) is 11.4 Å². The van der Waals surface area contributed by atoms with Crippen molar-refractivity contribution in [1.29, 1.82) is 5.26 Å². The van der Waals surface area contributed by atoms with Crippen LogP contribution >= 0.6 is 11.6 Å². The number of halogens is 1. The fraction of sp³-hybridized carbons (Fsp3) is 0.188. The smallest absolute Gasteiger partial charge is 0.103 e. The van der Waals surface area contributed by atoms with Gasteiger partial charge in [0.1, 0.15) is 6.07 Å². The Kier molecular flexibility index (Phi) is 4.09. The van der Waals surface area contributed by atoms with Gasteiger partial charge in [0.05, 0.1) is 16.3 Å². The number of hydrogen-bond donors (Lipinski definition) is 1. The number of hydrogen-bond acceptors (Lipinski definition) is 2. The first-order valence-electron chi connectivity index (χ1n) is 6.17. The molecule has 2 aromatic carbocycles. The van der Waals surface area contributed by atoms with Crippen LogP contribution in [0.15, 0.2) is 42.5 Å². The van der Waals surface area contributed by atoms with Gasteiger partial charge in [-0.05, 0) is 35.7 Å². The zero-order chi connectivity index (χ0) is 13.8. The second-order valence-electron chi connectivity index (χ2n) is 4.68. The third-order valence-electron chi connectivity index (χ3n) is 2.96. The minimum atomic E-state index is 0.465. The summed E-state index contributed by atoms with van der Waals surface area (Å²) in [7, 11) is 0. The van der Waals surface area contributed by atoms with Gasteiger partial charge in [-0.2, -0.15) is 5.26 Å². The Morgan fingerprint density at radius 2 is 1.89 bits per heavy atom. The van der Waals surface area contributed by atoms with Gasteiger partial charge < -0.3 is 5.32 Å². The molecular formula is C16H15ClN2. The van der Waals surface area contributed by atoms with Crippen LogP contribution in [-0.2, 0) is 0 Å². The summed E-state index contributed by atoms with van der Waals surface area (Å²) in [6.07, 6.45) is 0. The summed E-state index contributed by atoms with van der Waals surface area (Å²) in [6.45, 7) is 4.30. The van der Waals surface area contributed by atoms with Crippen LogP contribution in [0.25, 0.3) is 0 Å². The molecule has 0 fully saturated rings. The predicted octanol–water partition coefficient (Wildman–Crippen LogP) is 5.08. The molecule has 19 heavy (non-hydrogen) atoms. The Morgan fingerprint density at radius 1 is 1.16 bits per heavy atom. The molecule has 0 aliphatic carbocycles. The maximum Gasteiger partial charge on any atom is 0.103 e. The van der Waals surface area contributed by atoms with Crippen LogP contribution in [0.3, 0.4) is 0 Å². The van der Waals surface area contributed by atoms with Crippen molar-refractivity contribution in [2.45, 2.75) is 19.8 Å². The predicted molar refractivity (Wildman–Crippen MR) is 80.0 cm³/mol. The van der Waals surface area contributed by atoms with Crippen molar-refractivity contribution in [3.05, 3.63) is 58.6 Å². The summed E-state index contributed by atoms with van der Waals surface area (Å²) in [6, 6.07) is 15.7. The van der Waals surface area contributed by atoms with Gasteiger partial charge in [-0.25, -0.2) is 0 Å². The molecule has 0 radical (unpaired) electrons. The Hall–Kier alpha value is -1.98. The van der Waals surface area contributed by atoms with Crippen molar-refractivity contribution >= 4 is 23.0 Å². The molecule has 0 unspecified atom stereocenters. The van der Waals surface area contributed by atoms with Gasteiger partial charge in [-0.15, -0.1) is 0 Å². The monoisotopic (exact) mass is 270 g/mol. The lowest BCUT2D eigenvalue weighted by molar-refractivity contribution is 0.867. The van der Waals surface area contributed by atoms with E-state index in [0.717, 1.165) is 11.4 Å². The van der Waals surface area contributed by atoms with Gasteiger partial charge >= 0.3 is 0 Å². The molecule has 96 valence electrons. The number of rotatable bonds is 3. The van der Waals surface area contributed by atoms with Gasteiger partial charge in [-0.1, -0.05) is 43.6 Å². The molecule has 1 N–H and O–H groups in total. The topological polar surface area (TPSA) is 35.8 Å². The van der Waals surface area contributed by atoms with Crippen LogP contribution in [0.5, 0.6) is 0 Å². The van der Waals surface area contributed by atoms with Crippen molar-refractivity contribution in [2.24, 2.45) is 0 Å². The van der Waals surface area contributed by atoms with E-state index in [1.54, 1.807) is 6.07 Å². The molecule has 3 heteroatoms. The van der Waals surface area contributed by atoms with Gasteiger partial charge in [0.25, 0.3) is 0 Å². The summed E-state index contributed by atoms with van der Waals surface area (Å²) in [5.74, 6) is 0.469. The lowest BCUT2D eigenvalue weighted by Crippen LogP contribution is -1.96. The Bertz CT molecular complexity index is 627.